The fraction of sp³-hybridized carbons (Fsp3) is 0.125. The summed E-state index contributed by atoms with van der Waals surface area (Å²) in [5.74, 6) is -1.49. The highest BCUT2D eigenvalue weighted by molar-refractivity contribution is 9.10. The van der Waals surface area contributed by atoms with Crippen molar-refractivity contribution in [3.63, 3.8) is 0 Å². The molecule has 0 unspecified atom stereocenters. The molecule has 7 nitrogen and oxygen atoms in total. The predicted molar refractivity (Wildman–Crippen MR) is 103 cm³/mol. The summed E-state index contributed by atoms with van der Waals surface area (Å²) in [7, 11) is -3.60. The summed E-state index contributed by atoms with van der Waals surface area (Å²) in [4.78, 5) is 16.2. The molecule has 2 aromatic heterocycles. The molecule has 2 heterocycles. The quantitative estimate of drug-likeness (QED) is 0.616. The molecule has 0 saturated carbocycles. The number of anilines is 1. The van der Waals surface area contributed by atoms with Crippen LogP contribution in [-0.4, -0.2) is 35.3 Å². The highest BCUT2D eigenvalue weighted by Crippen LogP contribution is 2.24. The number of benzene rings is 1. The number of hydrogen-bond donors (Lipinski definition) is 1. The molecule has 0 atom stereocenters. The molecule has 1 N–H and O–H groups in total. The number of nitrogens with one attached hydrogen (secondary N) is 1. The second-order valence-electron chi connectivity index (χ2n) is 5.34. The summed E-state index contributed by atoms with van der Waals surface area (Å²) >= 11 is 4.42. The lowest BCUT2D eigenvalue weighted by Gasteiger charge is -2.05. The van der Waals surface area contributed by atoms with E-state index < -0.39 is 21.5 Å². The minimum absolute atomic E-state index is 0.213. The van der Waals surface area contributed by atoms with Crippen LogP contribution >= 0.6 is 27.3 Å². The molecule has 26 heavy (non-hydrogen) atoms. The molecule has 0 radical (unpaired) electrons. The third-order valence-corrected chi connectivity index (χ3v) is 6.01. The van der Waals surface area contributed by atoms with Crippen molar-refractivity contribution in [2.45, 2.75) is 5.75 Å². The van der Waals surface area contributed by atoms with Gasteiger partial charge in [-0.3, -0.25) is 15.1 Å². The summed E-state index contributed by atoms with van der Waals surface area (Å²) < 4.78 is 25.2. The Balaban J connectivity index is 1.62. The molecule has 3 rings (SSSR count). The Bertz CT molecular complexity index is 1020. The molecule has 134 valence electrons. The van der Waals surface area contributed by atoms with Crippen LogP contribution in [-0.2, 0) is 20.4 Å². The van der Waals surface area contributed by atoms with Gasteiger partial charge in [-0.15, -0.1) is 10.2 Å². The van der Waals surface area contributed by atoms with Crippen molar-refractivity contribution < 1.29 is 13.2 Å². The maximum atomic E-state index is 12.2. The SMILES string of the molecule is O=C(CS(=O)(=O)Cc1cccc(Br)c1)Nc1nnc(-c2ccccn2)s1. The zero-order valence-electron chi connectivity index (χ0n) is 13.3. The molecule has 0 saturated heterocycles. The van der Waals surface area contributed by atoms with Crippen LogP contribution in [0.15, 0.2) is 53.1 Å². The Morgan fingerprint density at radius 3 is 2.73 bits per heavy atom. The number of sulfone groups is 1. The number of aromatic nitrogens is 3. The highest BCUT2D eigenvalue weighted by Gasteiger charge is 2.19. The number of pyridine rings is 1. The average molecular weight is 453 g/mol. The van der Waals surface area contributed by atoms with Crippen molar-refractivity contribution in [2.24, 2.45) is 0 Å². The number of hydrogen-bond acceptors (Lipinski definition) is 7. The van der Waals surface area contributed by atoms with Gasteiger partial charge in [-0.05, 0) is 29.8 Å². The lowest BCUT2D eigenvalue weighted by atomic mass is 10.2. The van der Waals surface area contributed by atoms with Crippen LogP contribution in [0.5, 0.6) is 0 Å². The van der Waals surface area contributed by atoms with Crippen molar-refractivity contribution >= 4 is 48.1 Å². The Kier molecular flexibility index (Phi) is 5.74. The van der Waals surface area contributed by atoms with Crippen LogP contribution in [0.25, 0.3) is 10.7 Å². The number of amides is 1. The van der Waals surface area contributed by atoms with E-state index in [0.29, 0.717) is 16.3 Å². The summed E-state index contributed by atoms with van der Waals surface area (Å²) in [6.07, 6.45) is 1.63. The second-order valence-corrected chi connectivity index (χ2v) is 9.30. The summed E-state index contributed by atoms with van der Waals surface area (Å²) in [5.41, 5.74) is 1.24. The van der Waals surface area contributed by atoms with E-state index in [-0.39, 0.29) is 10.9 Å². The van der Waals surface area contributed by atoms with Gasteiger partial charge in [-0.25, -0.2) is 8.42 Å². The fourth-order valence-corrected chi connectivity index (χ4v) is 4.60. The molecular weight excluding hydrogens is 440 g/mol. The van der Waals surface area contributed by atoms with Crippen molar-refractivity contribution in [1.29, 1.82) is 0 Å². The van der Waals surface area contributed by atoms with Gasteiger partial charge in [-0.1, -0.05) is 45.5 Å². The molecule has 0 fully saturated rings. The van der Waals surface area contributed by atoms with Gasteiger partial charge in [0.25, 0.3) is 0 Å². The molecule has 0 aliphatic rings. The normalized spacial score (nSPS) is 11.3. The molecule has 10 heteroatoms. The van der Waals surface area contributed by atoms with Crippen LogP contribution in [0.3, 0.4) is 0 Å². The molecule has 1 aromatic carbocycles. The topological polar surface area (TPSA) is 102 Å². The standard InChI is InChI=1S/C16H13BrN4O3S2/c17-12-5-3-4-11(8-12)9-26(23,24)10-14(22)19-16-21-20-15(25-16)13-6-1-2-7-18-13/h1-8H,9-10H2,(H,19,21,22). The van der Waals surface area contributed by atoms with Crippen LogP contribution in [0, 0.1) is 0 Å². The van der Waals surface area contributed by atoms with E-state index in [0.717, 1.165) is 15.8 Å². The fourth-order valence-electron chi connectivity index (χ4n) is 2.15. The van der Waals surface area contributed by atoms with Crippen LogP contribution in [0.1, 0.15) is 5.56 Å². The van der Waals surface area contributed by atoms with E-state index in [1.165, 1.54) is 0 Å². The molecule has 0 aliphatic heterocycles. The monoisotopic (exact) mass is 452 g/mol. The first-order valence-corrected chi connectivity index (χ1v) is 10.8. The minimum Gasteiger partial charge on any atom is -0.300 e. The Morgan fingerprint density at radius 2 is 2.00 bits per heavy atom. The van der Waals surface area contributed by atoms with E-state index in [9.17, 15) is 13.2 Å². The first-order chi connectivity index (χ1) is 12.4. The smallest absolute Gasteiger partial charge is 0.241 e. The maximum absolute atomic E-state index is 12.2. The zero-order chi connectivity index (χ0) is 18.6. The van der Waals surface area contributed by atoms with Gasteiger partial charge < -0.3 is 0 Å². The van der Waals surface area contributed by atoms with Crippen molar-refractivity contribution in [2.75, 3.05) is 11.1 Å². The van der Waals surface area contributed by atoms with Gasteiger partial charge in [-0.2, -0.15) is 0 Å². The minimum atomic E-state index is -3.60. The number of rotatable bonds is 6. The van der Waals surface area contributed by atoms with Gasteiger partial charge in [0.2, 0.25) is 11.0 Å². The van der Waals surface area contributed by atoms with Gasteiger partial charge in [0.05, 0.1) is 5.75 Å². The van der Waals surface area contributed by atoms with Gasteiger partial charge in [0.15, 0.2) is 14.8 Å². The number of nitrogens with zero attached hydrogens (tertiary/aromatic N) is 3. The van der Waals surface area contributed by atoms with Crippen LogP contribution < -0.4 is 5.32 Å². The molecule has 0 spiro atoms. The third kappa shape index (κ3) is 5.16. The highest BCUT2D eigenvalue weighted by atomic mass is 79.9. The Labute approximate surface area is 162 Å². The maximum Gasteiger partial charge on any atom is 0.241 e. The lowest BCUT2D eigenvalue weighted by Crippen LogP contribution is -2.23. The zero-order valence-corrected chi connectivity index (χ0v) is 16.5. The summed E-state index contributed by atoms with van der Waals surface area (Å²) in [6.45, 7) is 0. The van der Waals surface area contributed by atoms with Gasteiger partial charge >= 0.3 is 0 Å². The largest absolute Gasteiger partial charge is 0.300 e. The number of carbonyl (C=O) groups is 1. The van der Waals surface area contributed by atoms with Crippen LogP contribution in [0.2, 0.25) is 0 Å². The van der Waals surface area contributed by atoms with E-state index in [1.807, 2.05) is 6.07 Å². The van der Waals surface area contributed by atoms with Crippen molar-refractivity contribution in [3.05, 3.63) is 58.7 Å². The van der Waals surface area contributed by atoms with Gasteiger partial charge in [0, 0.05) is 10.7 Å². The molecule has 1 amide bonds. The third-order valence-electron chi connectivity index (χ3n) is 3.18. The Morgan fingerprint density at radius 1 is 1.15 bits per heavy atom. The first-order valence-electron chi connectivity index (χ1n) is 7.41. The number of carbonyl (C=O) groups excluding carboxylic acids is 1. The van der Waals surface area contributed by atoms with Crippen LogP contribution in [0.4, 0.5) is 5.13 Å². The van der Waals surface area contributed by atoms with E-state index in [1.54, 1.807) is 42.6 Å². The number of halogens is 1. The van der Waals surface area contributed by atoms with E-state index in [4.69, 9.17) is 0 Å². The molecule has 3 aromatic rings. The van der Waals surface area contributed by atoms with Crippen molar-refractivity contribution in [1.82, 2.24) is 15.2 Å². The first kappa shape index (κ1) is 18.6. The summed E-state index contributed by atoms with van der Waals surface area (Å²) in [6, 6.07) is 12.3. The van der Waals surface area contributed by atoms with E-state index in [2.05, 4.69) is 36.4 Å². The second kappa shape index (κ2) is 8.02. The molecule has 0 bridgehead atoms. The average Bonchev–Trinajstić information content (AvgIpc) is 3.03. The van der Waals surface area contributed by atoms with Crippen molar-refractivity contribution in [3.8, 4) is 10.7 Å². The van der Waals surface area contributed by atoms with E-state index >= 15 is 0 Å². The molecular formula is C16H13BrN4O3S2. The summed E-state index contributed by atoms with van der Waals surface area (Å²) in [5, 5.41) is 11.0. The van der Waals surface area contributed by atoms with Gasteiger partial charge in [0.1, 0.15) is 11.4 Å². The lowest BCUT2D eigenvalue weighted by molar-refractivity contribution is -0.113. The Hall–Kier alpha value is -2.17. The predicted octanol–water partition coefficient (Wildman–Crippen LogP) is 2.92. The molecule has 0 aliphatic carbocycles.